The molecule has 5 N–H and O–H groups in total. The Hall–Kier alpha value is -5.19. The Kier molecular flexibility index (Phi) is 9.32. The summed E-state index contributed by atoms with van der Waals surface area (Å²) in [4.78, 5) is 62.8. The number of nitrogens with one attached hydrogen (secondary N) is 5. The minimum absolute atomic E-state index is 0.00785. The molecular weight excluding hydrogens is 721 g/mol. The van der Waals surface area contributed by atoms with Gasteiger partial charge in [0.15, 0.2) is 6.61 Å². The number of amides is 3. The average Bonchev–Trinajstić information content (AvgIpc) is 4.08. The van der Waals surface area contributed by atoms with Gasteiger partial charge < -0.3 is 36.1 Å². The Labute approximate surface area is 306 Å². The highest BCUT2D eigenvalue weighted by Gasteiger charge is 2.88. The number of hydrogen-bond acceptors (Lipinski definition) is 11. The van der Waals surface area contributed by atoms with E-state index in [-0.39, 0.29) is 41.9 Å². The van der Waals surface area contributed by atoms with Crippen LogP contribution in [0.25, 0.3) is 0 Å². The molecule has 280 valence electrons. The summed E-state index contributed by atoms with van der Waals surface area (Å²) in [6.07, 6.45) is -2.35. The molecule has 2 aromatic carbocycles. The molecule has 5 aliphatic rings. The van der Waals surface area contributed by atoms with E-state index < -0.39 is 54.1 Å². The van der Waals surface area contributed by atoms with Crippen LogP contribution in [-0.4, -0.2) is 77.2 Å². The first-order chi connectivity index (χ1) is 25.2. The van der Waals surface area contributed by atoms with Crippen molar-refractivity contribution in [2.75, 3.05) is 30.9 Å². The number of esters is 1. The molecule has 4 atom stereocenters. The molecule has 0 radical (unpaired) electrons. The maximum absolute atomic E-state index is 13.1. The monoisotopic (exact) mass is 756 g/mol. The number of fused-ring (bicyclic) bond motifs is 1. The average molecular weight is 757 g/mol. The Morgan fingerprint density at radius 2 is 1.64 bits per heavy atom. The predicted octanol–water partition coefficient (Wildman–Crippen LogP) is 3.86. The molecule has 5 saturated carbocycles. The standard InChI is InChI=1S/C35H36ClF3N8O6/c1-33-23(15-21-24(33)25(21)33)43-28(50)27(49)40-14-11-22(29(51)52-2)42-26(48)17-3-9-20(10-4-17)41-30-44-31(46-32(45-30)53-16-35(37,38)39)47-34(12-13-34)18-5-7-19(36)8-6-18/h3-10,21-25H,11-16H2,1-2H3,(H,40,49)(H,42,48)(H,43,50)(H2,41,44,45,46,47)/t21-,22-,23-,24?,25?,33-/m0/s1. The van der Waals surface area contributed by atoms with Gasteiger partial charge in [-0.3, -0.25) is 14.4 Å². The summed E-state index contributed by atoms with van der Waals surface area (Å²) in [7, 11) is 1.16. The van der Waals surface area contributed by atoms with Crippen molar-refractivity contribution in [2.24, 2.45) is 23.2 Å². The second-order valence-corrected chi connectivity index (χ2v) is 14.5. The number of methoxy groups -OCH3 is 1. The van der Waals surface area contributed by atoms with Gasteiger partial charge in [0.05, 0.1) is 12.6 Å². The lowest BCUT2D eigenvalue weighted by Crippen LogP contribution is -2.48. The molecule has 2 unspecified atom stereocenters. The van der Waals surface area contributed by atoms with E-state index in [0.717, 1.165) is 31.9 Å². The van der Waals surface area contributed by atoms with Crippen LogP contribution in [0.15, 0.2) is 48.5 Å². The van der Waals surface area contributed by atoms with E-state index in [1.54, 1.807) is 12.1 Å². The van der Waals surface area contributed by atoms with Crippen molar-refractivity contribution in [2.45, 2.75) is 56.4 Å². The lowest BCUT2D eigenvalue weighted by molar-refractivity contribution is -0.154. The number of benzene rings is 2. The van der Waals surface area contributed by atoms with Crippen LogP contribution in [0.3, 0.4) is 0 Å². The third-order valence-corrected chi connectivity index (χ3v) is 10.9. The van der Waals surface area contributed by atoms with Gasteiger partial charge in [-0.15, -0.1) is 0 Å². The lowest BCUT2D eigenvalue weighted by Gasteiger charge is -2.20. The number of nitrogens with zero attached hydrogens (tertiary/aromatic N) is 3. The minimum atomic E-state index is -4.63. The van der Waals surface area contributed by atoms with E-state index in [1.165, 1.54) is 24.3 Å². The van der Waals surface area contributed by atoms with E-state index in [0.29, 0.717) is 28.5 Å². The maximum atomic E-state index is 13.1. The number of hydrogen-bond donors (Lipinski definition) is 5. The van der Waals surface area contributed by atoms with Gasteiger partial charge in [-0.25, -0.2) is 4.79 Å². The number of carbonyl (C=O) groups excluding carboxylic acids is 4. The van der Waals surface area contributed by atoms with Crippen LogP contribution in [0, 0.1) is 23.2 Å². The second-order valence-electron chi connectivity index (χ2n) is 14.0. The van der Waals surface area contributed by atoms with Crippen molar-refractivity contribution in [1.82, 2.24) is 30.9 Å². The van der Waals surface area contributed by atoms with Crippen molar-refractivity contribution in [3.8, 4) is 6.01 Å². The summed E-state index contributed by atoms with van der Waals surface area (Å²) < 4.78 is 48.5. The van der Waals surface area contributed by atoms with Crippen molar-refractivity contribution in [1.29, 1.82) is 0 Å². The van der Waals surface area contributed by atoms with Crippen molar-refractivity contribution in [3.05, 3.63) is 64.7 Å². The van der Waals surface area contributed by atoms with Gasteiger partial charge in [0, 0.05) is 28.9 Å². The fourth-order valence-electron chi connectivity index (χ4n) is 7.65. The highest BCUT2D eigenvalue weighted by atomic mass is 35.5. The second kappa shape index (κ2) is 13.7. The molecule has 53 heavy (non-hydrogen) atoms. The van der Waals surface area contributed by atoms with E-state index in [9.17, 15) is 32.3 Å². The topological polar surface area (TPSA) is 186 Å². The van der Waals surface area contributed by atoms with E-state index in [2.05, 4.69) is 48.5 Å². The summed E-state index contributed by atoms with van der Waals surface area (Å²) >= 11 is 6.03. The zero-order chi connectivity index (χ0) is 37.7. The van der Waals surface area contributed by atoms with Crippen LogP contribution in [0.4, 0.5) is 30.8 Å². The van der Waals surface area contributed by atoms with Gasteiger partial charge in [0.1, 0.15) is 6.04 Å². The highest BCUT2D eigenvalue weighted by molar-refractivity contribution is 6.35. The maximum Gasteiger partial charge on any atom is 0.422 e. The fourth-order valence-corrected chi connectivity index (χ4v) is 7.78. The summed E-state index contributed by atoms with van der Waals surface area (Å²) in [6.45, 7) is 0.441. The molecule has 8 rings (SSSR count). The molecule has 1 heterocycles. The molecule has 0 aliphatic heterocycles. The van der Waals surface area contributed by atoms with Crippen LogP contribution < -0.4 is 31.3 Å². The number of ether oxygens (including phenoxy) is 2. The van der Waals surface area contributed by atoms with Gasteiger partial charge in [-0.2, -0.15) is 28.1 Å². The number of aromatic nitrogens is 3. The SMILES string of the molecule is COC(=O)[C@H](CCNC(=O)C(=O)N[C@H]1C[C@H]2C3C2[C@]31C)NC(=O)c1ccc(Nc2nc(NC3(c4ccc(Cl)cc4)CC3)nc(OCC(F)(F)F)n2)cc1. The molecule has 2 bridgehead atoms. The quantitative estimate of drug-likeness (QED) is 0.119. The summed E-state index contributed by atoms with van der Waals surface area (Å²) in [5.41, 5.74) is 0.991. The molecule has 0 saturated heterocycles. The predicted molar refractivity (Wildman–Crippen MR) is 183 cm³/mol. The third kappa shape index (κ3) is 7.65. The van der Waals surface area contributed by atoms with Crippen LogP contribution >= 0.6 is 11.6 Å². The van der Waals surface area contributed by atoms with Crippen LogP contribution in [0.1, 0.15) is 48.5 Å². The normalized spacial score (nSPS) is 24.5. The molecule has 14 nitrogen and oxygen atoms in total. The summed E-state index contributed by atoms with van der Waals surface area (Å²) in [5, 5.41) is 14.5. The van der Waals surface area contributed by atoms with Gasteiger partial charge in [-0.05, 0) is 90.8 Å². The molecule has 5 fully saturated rings. The zero-order valence-electron chi connectivity index (χ0n) is 28.6. The molecule has 18 heteroatoms. The first-order valence-corrected chi connectivity index (χ1v) is 17.4. The fraction of sp³-hybridized carbons (Fsp3) is 0.457. The molecule has 5 aliphatic carbocycles. The first-order valence-electron chi connectivity index (χ1n) is 17.0. The van der Waals surface area contributed by atoms with Crippen LogP contribution in [0.5, 0.6) is 6.01 Å². The van der Waals surface area contributed by atoms with Gasteiger partial charge >= 0.3 is 30.0 Å². The zero-order valence-corrected chi connectivity index (χ0v) is 29.3. The minimum Gasteiger partial charge on any atom is -0.467 e. The molecule has 1 aromatic heterocycles. The van der Waals surface area contributed by atoms with Crippen LogP contribution in [-0.2, 0) is 24.7 Å². The molecule has 3 amide bonds. The smallest absolute Gasteiger partial charge is 0.422 e. The number of anilines is 3. The van der Waals surface area contributed by atoms with E-state index >= 15 is 0 Å². The Morgan fingerprint density at radius 3 is 2.25 bits per heavy atom. The van der Waals surface area contributed by atoms with E-state index in [1.807, 2.05) is 12.1 Å². The highest BCUT2D eigenvalue weighted by Crippen LogP contribution is 2.89. The Bertz CT molecular complexity index is 1920. The first kappa shape index (κ1) is 36.2. The van der Waals surface area contributed by atoms with Crippen molar-refractivity contribution in [3.63, 3.8) is 0 Å². The summed E-state index contributed by atoms with van der Waals surface area (Å²) in [5.74, 6) is -1.06. The lowest BCUT2D eigenvalue weighted by atomic mass is 9.97. The number of carbonyl (C=O) groups is 4. The van der Waals surface area contributed by atoms with Gasteiger partial charge in [-0.1, -0.05) is 30.7 Å². The number of rotatable bonds is 14. The number of alkyl halides is 3. The molecule has 0 spiro atoms. The van der Waals surface area contributed by atoms with Crippen molar-refractivity contribution >= 4 is 52.9 Å². The molecular formula is C35H36ClF3N8O6. The van der Waals surface area contributed by atoms with Crippen LogP contribution in [0.2, 0.25) is 5.02 Å². The third-order valence-electron chi connectivity index (χ3n) is 10.7. The summed E-state index contributed by atoms with van der Waals surface area (Å²) in [6, 6.07) is 11.3. The van der Waals surface area contributed by atoms with Gasteiger partial charge in [0.2, 0.25) is 11.9 Å². The number of halogens is 4. The van der Waals surface area contributed by atoms with Crippen molar-refractivity contribution < 1.29 is 41.8 Å². The Balaban J connectivity index is 0.956. The van der Waals surface area contributed by atoms with Gasteiger partial charge in [0.25, 0.3) is 5.91 Å². The largest absolute Gasteiger partial charge is 0.467 e. The molecule has 3 aromatic rings. The van der Waals surface area contributed by atoms with E-state index in [4.69, 9.17) is 21.1 Å². The Morgan fingerprint density at radius 1 is 0.962 bits per heavy atom.